The highest BCUT2D eigenvalue weighted by molar-refractivity contribution is 6.30. The molecule has 0 bridgehead atoms. The van der Waals surface area contributed by atoms with Crippen molar-refractivity contribution in [1.82, 2.24) is 10.9 Å². The number of carbonyl (C=O) groups is 2. The summed E-state index contributed by atoms with van der Waals surface area (Å²) in [4.78, 5) is 24.0. The minimum absolute atomic E-state index is 0.0456. The van der Waals surface area contributed by atoms with Crippen molar-refractivity contribution in [2.24, 2.45) is 0 Å². The van der Waals surface area contributed by atoms with Crippen LogP contribution in [0.1, 0.15) is 10.4 Å². The number of para-hydroxylation sites is 3. The summed E-state index contributed by atoms with van der Waals surface area (Å²) in [5.74, 6) is 0.442. The number of amides is 2. The standard InChI is InChI=1S/C21H18ClN3O3/c22-16-12-10-15(11-13-16)21(27)25-24-20(26)14-23-18-8-4-5-9-19(18)28-17-6-2-1-3-7-17/h1-13,23H,14H2,(H,24,26)(H,25,27). The Kier molecular flexibility index (Phi) is 6.49. The molecule has 0 aromatic heterocycles. The molecule has 0 aliphatic carbocycles. The van der Waals surface area contributed by atoms with Gasteiger partial charge in [0.2, 0.25) is 0 Å². The lowest BCUT2D eigenvalue weighted by atomic mass is 10.2. The van der Waals surface area contributed by atoms with Gasteiger partial charge in [0.25, 0.3) is 11.8 Å². The Bertz CT molecular complexity index is 947. The Morgan fingerprint density at radius 1 is 0.821 bits per heavy atom. The van der Waals surface area contributed by atoms with Crippen LogP contribution >= 0.6 is 11.6 Å². The van der Waals surface area contributed by atoms with E-state index in [-0.39, 0.29) is 6.54 Å². The molecule has 3 aromatic carbocycles. The van der Waals surface area contributed by atoms with Crippen molar-refractivity contribution in [3.8, 4) is 11.5 Å². The quantitative estimate of drug-likeness (QED) is 0.551. The molecule has 7 heteroatoms. The number of hydrogen-bond acceptors (Lipinski definition) is 4. The fourth-order valence-corrected chi connectivity index (χ4v) is 2.46. The molecule has 0 saturated heterocycles. The Labute approximate surface area is 167 Å². The van der Waals surface area contributed by atoms with Gasteiger partial charge < -0.3 is 10.1 Å². The van der Waals surface area contributed by atoms with Gasteiger partial charge in [0.1, 0.15) is 5.75 Å². The first-order chi connectivity index (χ1) is 13.6. The Balaban J connectivity index is 1.52. The van der Waals surface area contributed by atoms with Crippen molar-refractivity contribution in [2.45, 2.75) is 0 Å². The summed E-state index contributed by atoms with van der Waals surface area (Å²) >= 11 is 5.79. The van der Waals surface area contributed by atoms with Gasteiger partial charge in [0, 0.05) is 10.6 Å². The second kappa shape index (κ2) is 9.43. The van der Waals surface area contributed by atoms with Gasteiger partial charge in [-0.05, 0) is 48.5 Å². The van der Waals surface area contributed by atoms with E-state index >= 15 is 0 Å². The third kappa shape index (κ3) is 5.49. The minimum atomic E-state index is -0.433. The highest BCUT2D eigenvalue weighted by Crippen LogP contribution is 2.28. The summed E-state index contributed by atoms with van der Waals surface area (Å²) in [6.07, 6.45) is 0. The number of nitrogens with one attached hydrogen (secondary N) is 3. The van der Waals surface area contributed by atoms with Crippen LogP contribution in [-0.2, 0) is 4.79 Å². The number of ether oxygens (including phenoxy) is 1. The van der Waals surface area contributed by atoms with Gasteiger partial charge in [-0.2, -0.15) is 0 Å². The molecule has 0 radical (unpaired) electrons. The maximum absolute atomic E-state index is 12.0. The summed E-state index contributed by atoms with van der Waals surface area (Å²) < 4.78 is 5.83. The molecule has 0 spiro atoms. The highest BCUT2D eigenvalue weighted by Gasteiger charge is 2.09. The molecule has 0 aliphatic rings. The number of carbonyl (C=O) groups excluding carboxylic acids is 2. The zero-order chi connectivity index (χ0) is 19.8. The van der Waals surface area contributed by atoms with Crippen molar-refractivity contribution in [1.29, 1.82) is 0 Å². The van der Waals surface area contributed by atoms with Gasteiger partial charge in [0.15, 0.2) is 5.75 Å². The van der Waals surface area contributed by atoms with E-state index in [1.165, 1.54) is 0 Å². The van der Waals surface area contributed by atoms with Crippen molar-refractivity contribution >= 4 is 29.1 Å². The summed E-state index contributed by atoms with van der Waals surface area (Å²) in [6.45, 7) is -0.0456. The van der Waals surface area contributed by atoms with Crippen LogP contribution in [-0.4, -0.2) is 18.4 Å². The average Bonchev–Trinajstić information content (AvgIpc) is 2.72. The lowest BCUT2D eigenvalue weighted by Crippen LogP contribution is -2.44. The minimum Gasteiger partial charge on any atom is -0.455 e. The molecule has 28 heavy (non-hydrogen) atoms. The topological polar surface area (TPSA) is 79.5 Å². The number of hydrazine groups is 1. The summed E-state index contributed by atoms with van der Waals surface area (Å²) in [7, 11) is 0. The summed E-state index contributed by atoms with van der Waals surface area (Å²) in [6, 6.07) is 23.0. The van der Waals surface area contributed by atoms with E-state index in [1.807, 2.05) is 42.5 Å². The number of anilines is 1. The van der Waals surface area contributed by atoms with E-state index in [0.717, 1.165) is 0 Å². The second-order valence-electron chi connectivity index (χ2n) is 5.77. The van der Waals surface area contributed by atoms with Crippen LogP contribution in [0.2, 0.25) is 5.02 Å². The van der Waals surface area contributed by atoms with Gasteiger partial charge in [0.05, 0.1) is 12.2 Å². The van der Waals surface area contributed by atoms with Crippen LogP contribution in [0.4, 0.5) is 5.69 Å². The zero-order valence-electron chi connectivity index (χ0n) is 14.8. The smallest absolute Gasteiger partial charge is 0.269 e. The first kappa shape index (κ1) is 19.3. The largest absolute Gasteiger partial charge is 0.455 e. The third-order valence-electron chi connectivity index (χ3n) is 3.72. The summed E-state index contributed by atoms with van der Waals surface area (Å²) in [5, 5.41) is 3.53. The number of halogens is 1. The van der Waals surface area contributed by atoms with Crippen molar-refractivity contribution in [3.63, 3.8) is 0 Å². The molecule has 3 N–H and O–H groups in total. The molecule has 142 valence electrons. The maximum Gasteiger partial charge on any atom is 0.269 e. The molecular weight excluding hydrogens is 378 g/mol. The van der Waals surface area contributed by atoms with Gasteiger partial charge in [-0.1, -0.05) is 41.9 Å². The predicted octanol–water partition coefficient (Wildman–Crippen LogP) is 4.01. The second-order valence-corrected chi connectivity index (χ2v) is 6.21. The molecule has 2 amide bonds. The molecule has 3 rings (SSSR count). The van der Waals surface area contributed by atoms with Crippen LogP contribution in [0.15, 0.2) is 78.9 Å². The van der Waals surface area contributed by atoms with Crippen molar-refractivity contribution < 1.29 is 14.3 Å². The SMILES string of the molecule is O=C(CNc1ccccc1Oc1ccccc1)NNC(=O)c1ccc(Cl)cc1. The lowest BCUT2D eigenvalue weighted by Gasteiger charge is -2.13. The normalized spacial score (nSPS) is 10.0. The van der Waals surface area contributed by atoms with E-state index < -0.39 is 11.8 Å². The van der Waals surface area contributed by atoms with Crippen LogP contribution in [0.25, 0.3) is 0 Å². The monoisotopic (exact) mass is 395 g/mol. The molecular formula is C21H18ClN3O3. The van der Waals surface area contributed by atoms with E-state index in [1.54, 1.807) is 36.4 Å². The predicted molar refractivity (Wildman–Crippen MR) is 109 cm³/mol. The van der Waals surface area contributed by atoms with Gasteiger partial charge in [-0.25, -0.2) is 0 Å². The molecule has 0 heterocycles. The maximum atomic E-state index is 12.0. The van der Waals surface area contributed by atoms with Crippen LogP contribution in [0.5, 0.6) is 11.5 Å². The Morgan fingerprint density at radius 3 is 2.25 bits per heavy atom. The van der Waals surface area contributed by atoms with Crippen molar-refractivity contribution in [3.05, 3.63) is 89.4 Å². The van der Waals surface area contributed by atoms with E-state index in [0.29, 0.717) is 27.8 Å². The zero-order valence-corrected chi connectivity index (χ0v) is 15.6. The van der Waals surface area contributed by atoms with Crippen molar-refractivity contribution in [2.75, 3.05) is 11.9 Å². The fraction of sp³-hybridized carbons (Fsp3) is 0.0476. The number of hydrogen-bond donors (Lipinski definition) is 3. The molecule has 3 aromatic rings. The molecule has 0 aliphatic heterocycles. The van der Waals surface area contributed by atoms with E-state index in [2.05, 4.69) is 16.2 Å². The first-order valence-electron chi connectivity index (χ1n) is 8.52. The van der Waals surface area contributed by atoms with Gasteiger partial charge in [-0.3, -0.25) is 20.4 Å². The molecule has 0 atom stereocenters. The summed E-state index contributed by atoms with van der Waals surface area (Å²) in [5.41, 5.74) is 5.76. The fourth-order valence-electron chi connectivity index (χ4n) is 2.34. The number of benzene rings is 3. The molecule has 0 unspecified atom stereocenters. The average molecular weight is 396 g/mol. The molecule has 0 fully saturated rings. The third-order valence-corrected chi connectivity index (χ3v) is 3.97. The van der Waals surface area contributed by atoms with Crippen LogP contribution in [0.3, 0.4) is 0 Å². The highest BCUT2D eigenvalue weighted by atomic mass is 35.5. The van der Waals surface area contributed by atoms with Crippen LogP contribution < -0.4 is 20.9 Å². The molecule has 6 nitrogen and oxygen atoms in total. The first-order valence-corrected chi connectivity index (χ1v) is 8.90. The Hall–Kier alpha value is -3.51. The Morgan fingerprint density at radius 2 is 1.50 bits per heavy atom. The lowest BCUT2D eigenvalue weighted by molar-refractivity contribution is -0.120. The van der Waals surface area contributed by atoms with Gasteiger partial charge >= 0.3 is 0 Å². The molecule has 0 saturated carbocycles. The van der Waals surface area contributed by atoms with Gasteiger partial charge in [-0.15, -0.1) is 0 Å². The van der Waals surface area contributed by atoms with E-state index in [9.17, 15) is 9.59 Å². The van der Waals surface area contributed by atoms with Crippen LogP contribution in [0, 0.1) is 0 Å². The van der Waals surface area contributed by atoms with E-state index in [4.69, 9.17) is 16.3 Å². The number of rotatable bonds is 6.